The lowest BCUT2D eigenvalue weighted by atomic mass is 10.1. The van der Waals surface area contributed by atoms with Gasteiger partial charge in [0.05, 0.1) is 18.4 Å². The molecule has 0 aliphatic rings. The lowest BCUT2D eigenvalue weighted by molar-refractivity contribution is -0.115. The van der Waals surface area contributed by atoms with Crippen molar-refractivity contribution in [2.75, 3.05) is 19.5 Å². The molecule has 0 saturated heterocycles. The van der Waals surface area contributed by atoms with E-state index in [0.29, 0.717) is 5.69 Å². The van der Waals surface area contributed by atoms with Gasteiger partial charge < -0.3 is 5.32 Å². The number of nitrogens with zero attached hydrogens (tertiary/aromatic N) is 1. The van der Waals surface area contributed by atoms with Gasteiger partial charge in [0.1, 0.15) is 5.82 Å². The van der Waals surface area contributed by atoms with Gasteiger partial charge in [0.2, 0.25) is 5.91 Å². The normalized spacial score (nSPS) is 11.6. The largest absolute Gasteiger partial charge is 0.326 e. The Morgan fingerprint density at radius 2 is 1.88 bits per heavy atom. The molecule has 2 aromatic carbocycles. The highest BCUT2D eigenvalue weighted by atomic mass is 35.5. The molecule has 0 aromatic heterocycles. The van der Waals surface area contributed by atoms with E-state index in [1.165, 1.54) is 56.6 Å². The molecule has 0 aliphatic carbocycles. The minimum Gasteiger partial charge on any atom is -0.326 e. The maximum atomic E-state index is 13.7. The summed E-state index contributed by atoms with van der Waals surface area (Å²) >= 11 is 5.89. The van der Waals surface area contributed by atoms with Crippen molar-refractivity contribution in [3.05, 3.63) is 58.9 Å². The predicted molar refractivity (Wildman–Crippen MR) is 92.1 cm³/mol. The Labute approximate surface area is 150 Å². The number of hydroxylamine groups is 1. The summed E-state index contributed by atoms with van der Waals surface area (Å²) in [6.07, 6.45) is -0.238. The Balaban J connectivity index is 2.10. The average molecular weight is 387 g/mol. The van der Waals surface area contributed by atoms with Crippen LogP contribution in [0, 0.1) is 5.82 Å². The molecular weight excluding hydrogens is 371 g/mol. The van der Waals surface area contributed by atoms with Gasteiger partial charge in [-0.05, 0) is 36.4 Å². The molecule has 0 unspecified atom stereocenters. The Hall–Kier alpha value is -2.00. The lowest BCUT2D eigenvalue weighted by Crippen LogP contribution is -2.25. The predicted octanol–water partition coefficient (Wildman–Crippen LogP) is 2.84. The summed E-state index contributed by atoms with van der Waals surface area (Å²) in [4.78, 5) is 16.7. The molecule has 0 radical (unpaired) electrons. The van der Waals surface area contributed by atoms with Crippen molar-refractivity contribution < 1.29 is 22.4 Å². The second-order valence-electron chi connectivity index (χ2n) is 5.05. The number of nitrogens with one attached hydrogen (secondary N) is 1. The standard InChI is InChI=1S/C16H16ClFN2O4S/c1-20(24-2)25(22,23)12-8-6-11(7-9-12)19-16(21)10-13-14(17)4-3-5-15(13)18/h3-9H,10H2,1-2H3,(H,19,21). The van der Waals surface area contributed by atoms with Crippen molar-refractivity contribution in [1.29, 1.82) is 0 Å². The van der Waals surface area contributed by atoms with Crippen LogP contribution in [-0.2, 0) is 26.1 Å². The van der Waals surface area contributed by atoms with E-state index in [4.69, 9.17) is 11.6 Å². The van der Waals surface area contributed by atoms with Crippen molar-refractivity contribution >= 4 is 33.2 Å². The van der Waals surface area contributed by atoms with Crippen LogP contribution in [0.5, 0.6) is 0 Å². The van der Waals surface area contributed by atoms with E-state index in [0.717, 1.165) is 4.47 Å². The Morgan fingerprint density at radius 1 is 1.24 bits per heavy atom. The summed E-state index contributed by atoms with van der Waals surface area (Å²) in [5.74, 6) is -1.04. The molecule has 0 heterocycles. The molecule has 6 nitrogen and oxygen atoms in total. The van der Waals surface area contributed by atoms with Crippen molar-refractivity contribution in [1.82, 2.24) is 4.47 Å². The van der Waals surface area contributed by atoms with Crippen LogP contribution in [-0.4, -0.2) is 33.0 Å². The molecule has 0 aliphatic heterocycles. The molecule has 9 heteroatoms. The van der Waals surface area contributed by atoms with Crippen LogP contribution < -0.4 is 5.32 Å². The minimum absolute atomic E-state index is 0.00648. The third-order valence-corrected chi connectivity index (χ3v) is 5.48. The van der Waals surface area contributed by atoms with Gasteiger partial charge in [0.25, 0.3) is 10.0 Å². The first-order valence-electron chi connectivity index (χ1n) is 7.11. The Morgan fingerprint density at radius 3 is 2.44 bits per heavy atom. The molecular formula is C16H16ClFN2O4S. The summed E-state index contributed by atoms with van der Waals surface area (Å²) in [6, 6.07) is 9.69. The number of sulfonamides is 1. The number of hydrogen-bond donors (Lipinski definition) is 1. The fourth-order valence-corrected chi connectivity index (χ4v) is 3.23. The van der Waals surface area contributed by atoms with Crippen molar-refractivity contribution in [2.45, 2.75) is 11.3 Å². The monoisotopic (exact) mass is 386 g/mol. The average Bonchev–Trinajstić information content (AvgIpc) is 2.58. The van der Waals surface area contributed by atoms with E-state index in [-0.39, 0.29) is 21.9 Å². The summed E-state index contributed by atoms with van der Waals surface area (Å²) in [7, 11) is -1.26. The molecule has 134 valence electrons. The van der Waals surface area contributed by atoms with Gasteiger partial charge in [0, 0.05) is 23.3 Å². The van der Waals surface area contributed by atoms with Crippen LogP contribution in [0.1, 0.15) is 5.56 Å². The second-order valence-corrected chi connectivity index (χ2v) is 7.39. The van der Waals surface area contributed by atoms with Crippen molar-refractivity contribution in [3.8, 4) is 0 Å². The lowest BCUT2D eigenvalue weighted by Gasteiger charge is -2.14. The highest BCUT2D eigenvalue weighted by molar-refractivity contribution is 7.89. The van der Waals surface area contributed by atoms with Gasteiger partial charge in [-0.15, -0.1) is 0 Å². The first-order valence-corrected chi connectivity index (χ1v) is 8.93. The summed E-state index contributed by atoms with van der Waals surface area (Å²) in [5, 5.41) is 2.73. The highest BCUT2D eigenvalue weighted by Gasteiger charge is 2.20. The minimum atomic E-state index is -3.76. The van der Waals surface area contributed by atoms with Gasteiger partial charge in [-0.25, -0.2) is 12.8 Å². The third-order valence-electron chi connectivity index (χ3n) is 3.43. The Bertz CT molecular complexity index is 852. The van der Waals surface area contributed by atoms with Crippen LogP contribution in [0.25, 0.3) is 0 Å². The Kier molecular flexibility index (Phi) is 6.12. The van der Waals surface area contributed by atoms with Crippen LogP contribution in [0.4, 0.5) is 10.1 Å². The number of anilines is 1. The number of benzene rings is 2. The zero-order chi connectivity index (χ0) is 18.6. The van der Waals surface area contributed by atoms with E-state index in [1.807, 2.05) is 0 Å². The van der Waals surface area contributed by atoms with Gasteiger partial charge in [0.15, 0.2) is 0 Å². The number of amides is 1. The van der Waals surface area contributed by atoms with Crippen molar-refractivity contribution in [2.24, 2.45) is 0 Å². The van der Waals surface area contributed by atoms with Crippen molar-refractivity contribution in [3.63, 3.8) is 0 Å². The first-order chi connectivity index (χ1) is 11.8. The summed E-state index contributed by atoms with van der Waals surface area (Å²) in [5.41, 5.74) is 0.471. The molecule has 0 spiro atoms. The van der Waals surface area contributed by atoms with E-state index < -0.39 is 21.7 Å². The van der Waals surface area contributed by atoms with E-state index in [2.05, 4.69) is 10.2 Å². The first kappa shape index (κ1) is 19.3. The van der Waals surface area contributed by atoms with Gasteiger partial charge in [-0.3, -0.25) is 9.63 Å². The summed E-state index contributed by atoms with van der Waals surface area (Å²) < 4.78 is 38.6. The summed E-state index contributed by atoms with van der Waals surface area (Å²) in [6.45, 7) is 0. The van der Waals surface area contributed by atoms with Crippen LogP contribution in [0.3, 0.4) is 0 Å². The maximum Gasteiger partial charge on any atom is 0.264 e. The van der Waals surface area contributed by atoms with E-state index in [1.54, 1.807) is 0 Å². The van der Waals surface area contributed by atoms with Crippen LogP contribution in [0.15, 0.2) is 47.4 Å². The van der Waals surface area contributed by atoms with Gasteiger partial charge in [-0.2, -0.15) is 0 Å². The molecule has 2 aromatic rings. The highest BCUT2D eigenvalue weighted by Crippen LogP contribution is 2.21. The van der Waals surface area contributed by atoms with Gasteiger partial charge in [-0.1, -0.05) is 22.1 Å². The van der Waals surface area contributed by atoms with E-state index >= 15 is 0 Å². The molecule has 25 heavy (non-hydrogen) atoms. The molecule has 1 N–H and O–H groups in total. The SMILES string of the molecule is CON(C)S(=O)(=O)c1ccc(NC(=O)Cc2c(F)cccc2Cl)cc1. The topological polar surface area (TPSA) is 75.7 Å². The quantitative estimate of drug-likeness (QED) is 0.774. The molecule has 0 fully saturated rings. The van der Waals surface area contributed by atoms with Gasteiger partial charge >= 0.3 is 0 Å². The number of halogens is 2. The zero-order valence-corrected chi connectivity index (χ0v) is 15.1. The smallest absolute Gasteiger partial charge is 0.264 e. The number of carbonyl (C=O) groups is 1. The molecule has 0 bridgehead atoms. The fourth-order valence-electron chi connectivity index (χ4n) is 2.02. The second kappa shape index (κ2) is 7.92. The molecule has 2 rings (SSSR count). The van der Waals surface area contributed by atoms with E-state index in [9.17, 15) is 17.6 Å². The van der Waals surface area contributed by atoms with Crippen LogP contribution >= 0.6 is 11.6 Å². The number of hydrogen-bond acceptors (Lipinski definition) is 4. The molecule has 0 atom stereocenters. The molecule has 1 amide bonds. The molecule has 0 saturated carbocycles. The number of rotatable bonds is 6. The van der Waals surface area contributed by atoms with Crippen LogP contribution in [0.2, 0.25) is 5.02 Å². The fraction of sp³-hybridized carbons (Fsp3) is 0.188. The maximum absolute atomic E-state index is 13.7. The number of carbonyl (C=O) groups excluding carboxylic acids is 1. The third kappa shape index (κ3) is 4.55. The zero-order valence-electron chi connectivity index (χ0n) is 13.5.